The molecule has 3 nitrogen and oxygen atoms in total. The van der Waals surface area contributed by atoms with E-state index in [1.807, 2.05) is 0 Å². The highest BCUT2D eigenvalue weighted by atomic mass is 16.4. The molecule has 0 saturated carbocycles. The van der Waals surface area contributed by atoms with Crippen LogP contribution in [0, 0.1) is 0 Å². The van der Waals surface area contributed by atoms with Gasteiger partial charge in [-0.2, -0.15) is 4.99 Å². The molecule has 7 heavy (non-hydrogen) atoms. The Morgan fingerprint density at radius 2 is 2.00 bits per heavy atom. The number of amides is 1. The molecule has 1 N–H and O–H groups in total. The molecule has 0 saturated heterocycles. The van der Waals surface area contributed by atoms with E-state index in [9.17, 15) is 4.79 Å². The van der Waals surface area contributed by atoms with E-state index in [0.717, 1.165) is 0 Å². The van der Waals surface area contributed by atoms with Crippen LogP contribution in [0.5, 0.6) is 0 Å². The van der Waals surface area contributed by atoms with Crippen molar-refractivity contribution in [3.63, 3.8) is 0 Å². The fraction of sp³-hybridized carbons (Fsp3) is 0.500. The molecule has 0 aliphatic carbocycles. The Hall–Kier alpha value is -0.860. The lowest BCUT2D eigenvalue weighted by molar-refractivity contribution is 0.205. The lowest BCUT2D eigenvalue weighted by Crippen LogP contribution is -1.89. The second-order valence-electron chi connectivity index (χ2n) is 1.34. The van der Waals surface area contributed by atoms with E-state index >= 15 is 0 Å². The molecular formula is C4H7NO2. The van der Waals surface area contributed by atoms with Crippen LogP contribution in [-0.4, -0.2) is 16.9 Å². The van der Waals surface area contributed by atoms with Crippen LogP contribution in [0.1, 0.15) is 13.8 Å². The molecule has 3 heteroatoms. The van der Waals surface area contributed by atoms with Gasteiger partial charge in [0.05, 0.1) is 0 Å². The number of aliphatic imine (C=N–C) groups is 1. The average Bonchev–Trinajstić information content (AvgIpc) is 1.27. The minimum atomic E-state index is -1.12. The van der Waals surface area contributed by atoms with Crippen LogP contribution in [0.3, 0.4) is 0 Å². The molecule has 0 aliphatic rings. The maximum Gasteiger partial charge on any atom is 0.431 e. The SMILES string of the molecule is CC(C)=NC(=O)O. The van der Waals surface area contributed by atoms with Gasteiger partial charge < -0.3 is 5.11 Å². The highest BCUT2D eigenvalue weighted by molar-refractivity contribution is 5.89. The summed E-state index contributed by atoms with van der Waals surface area (Å²) in [4.78, 5) is 12.7. The lowest BCUT2D eigenvalue weighted by atomic mass is 10.5. The highest BCUT2D eigenvalue weighted by Gasteiger charge is 1.84. The molecule has 0 aromatic carbocycles. The summed E-state index contributed by atoms with van der Waals surface area (Å²) >= 11 is 0. The number of hydrogen-bond donors (Lipinski definition) is 1. The zero-order valence-electron chi connectivity index (χ0n) is 4.30. The first-order valence-electron chi connectivity index (χ1n) is 1.87. The maximum atomic E-state index is 9.62. The molecule has 0 spiro atoms. The van der Waals surface area contributed by atoms with E-state index in [2.05, 4.69) is 4.99 Å². The highest BCUT2D eigenvalue weighted by Crippen LogP contribution is 1.74. The second kappa shape index (κ2) is 2.34. The normalized spacial score (nSPS) is 7.71. The van der Waals surface area contributed by atoms with Crippen molar-refractivity contribution in [3.8, 4) is 0 Å². The Morgan fingerprint density at radius 1 is 1.57 bits per heavy atom. The van der Waals surface area contributed by atoms with Gasteiger partial charge in [-0.15, -0.1) is 0 Å². The summed E-state index contributed by atoms with van der Waals surface area (Å²) in [5.74, 6) is 0. The van der Waals surface area contributed by atoms with Gasteiger partial charge in [-0.25, -0.2) is 4.79 Å². The third-order valence-electron chi connectivity index (χ3n) is 0.319. The predicted octanol–water partition coefficient (Wildman–Crippen LogP) is 1.15. The summed E-state index contributed by atoms with van der Waals surface area (Å²) in [5, 5.41) is 7.90. The molecule has 0 fully saturated rings. The van der Waals surface area contributed by atoms with Gasteiger partial charge in [0.15, 0.2) is 0 Å². The molecule has 0 bridgehead atoms. The van der Waals surface area contributed by atoms with Crippen molar-refractivity contribution in [1.29, 1.82) is 0 Å². The van der Waals surface area contributed by atoms with Crippen molar-refractivity contribution in [3.05, 3.63) is 0 Å². The smallest absolute Gasteiger partial charge is 0.431 e. The third-order valence-corrected chi connectivity index (χ3v) is 0.319. The standard InChI is InChI=1S/C4H7NO2/c1-3(2)5-4(6)7/h1-2H3,(H,6,7). The maximum absolute atomic E-state index is 9.62. The first kappa shape index (κ1) is 6.14. The van der Waals surface area contributed by atoms with E-state index in [-0.39, 0.29) is 0 Å². The van der Waals surface area contributed by atoms with Crippen LogP contribution >= 0.6 is 0 Å². The van der Waals surface area contributed by atoms with Gasteiger partial charge in [0.1, 0.15) is 0 Å². The van der Waals surface area contributed by atoms with Crippen LogP contribution in [0.25, 0.3) is 0 Å². The minimum Gasteiger partial charge on any atom is -0.463 e. The van der Waals surface area contributed by atoms with Crippen LogP contribution in [0.15, 0.2) is 4.99 Å². The molecule has 0 heterocycles. The molecular weight excluding hydrogens is 94.0 g/mol. The molecule has 40 valence electrons. The van der Waals surface area contributed by atoms with Gasteiger partial charge in [-0.05, 0) is 13.8 Å². The number of carboxylic acid groups (broad SMARTS) is 1. The fourth-order valence-electron chi connectivity index (χ4n) is 0.191. The summed E-state index contributed by atoms with van der Waals surface area (Å²) in [6.45, 7) is 3.27. The van der Waals surface area contributed by atoms with Gasteiger partial charge in [0.25, 0.3) is 0 Å². The van der Waals surface area contributed by atoms with Gasteiger partial charge in [-0.1, -0.05) is 0 Å². The Kier molecular flexibility index (Phi) is 2.05. The van der Waals surface area contributed by atoms with E-state index in [1.165, 1.54) is 0 Å². The Balaban J connectivity index is 3.68. The monoisotopic (exact) mass is 101 g/mol. The van der Waals surface area contributed by atoms with Gasteiger partial charge in [0, 0.05) is 5.71 Å². The third kappa shape index (κ3) is 5.14. The van der Waals surface area contributed by atoms with E-state index in [0.29, 0.717) is 5.71 Å². The van der Waals surface area contributed by atoms with E-state index in [1.54, 1.807) is 13.8 Å². The first-order valence-corrected chi connectivity index (χ1v) is 1.87. The molecule has 0 atom stereocenters. The second-order valence-corrected chi connectivity index (χ2v) is 1.34. The van der Waals surface area contributed by atoms with E-state index < -0.39 is 6.09 Å². The number of hydrogen-bond acceptors (Lipinski definition) is 1. The van der Waals surface area contributed by atoms with Crippen molar-refractivity contribution >= 4 is 11.8 Å². The summed E-state index contributed by atoms with van der Waals surface area (Å²) in [5.41, 5.74) is 0.563. The largest absolute Gasteiger partial charge is 0.463 e. The minimum absolute atomic E-state index is 0.563. The van der Waals surface area contributed by atoms with Gasteiger partial charge in [-0.3, -0.25) is 0 Å². The molecule has 0 aromatic heterocycles. The zero-order chi connectivity index (χ0) is 5.86. The summed E-state index contributed by atoms with van der Waals surface area (Å²) in [6, 6.07) is 0. The quantitative estimate of drug-likeness (QED) is 0.465. The van der Waals surface area contributed by atoms with Crippen molar-refractivity contribution in [2.24, 2.45) is 4.99 Å². The lowest BCUT2D eigenvalue weighted by Gasteiger charge is -1.79. The van der Waals surface area contributed by atoms with Crippen molar-refractivity contribution < 1.29 is 9.90 Å². The van der Waals surface area contributed by atoms with Crippen molar-refractivity contribution in [2.45, 2.75) is 13.8 Å². The molecule has 0 unspecified atom stereocenters. The van der Waals surface area contributed by atoms with Gasteiger partial charge in [0.2, 0.25) is 0 Å². The number of nitrogens with zero attached hydrogens (tertiary/aromatic N) is 1. The first-order chi connectivity index (χ1) is 3.13. The van der Waals surface area contributed by atoms with Gasteiger partial charge >= 0.3 is 6.09 Å². The molecule has 0 aliphatic heterocycles. The fourth-order valence-corrected chi connectivity index (χ4v) is 0.191. The topological polar surface area (TPSA) is 49.7 Å². The summed E-state index contributed by atoms with van der Waals surface area (Å²) in [6.07, 6.45) is -1.12. The Labute approximate surface area is 41.7 Å². The molecule has 1 amide bonds. The van der Waals surface area contributed by atoms with E-state index in [4.69, 9.17) is 5.11 Å². The van der Waals surface area contributed by atoms with Crippen LogP contribution in [0.4, 0.5) is 4.79 Å². The van der Waals surface area contributed by atoms with Crippen LogP contribution < -0.4 is 0 Å². The molecule has 0 rings (SSSR count). The summed E-state index contributed by atoms with van der Waals surface area (Å²) in [7, 11) is 0. The summed E-state index contributed by atoms with van der Waals surface area (Å²) < 4.78 is 0. The molecule has 0 radical (unpaired) electrons. The van der Waals surface area contributed by atoms with Crippen molar-refractivity contribution in [2.75, 3.05) is 0 Å². The Bertz CT molecular complexity index is 102. The molecule has 0 aromatic rings. The van der Waals surface area contributed by atoms with Crippen LogP contribution in [-0.2, 0) is 0 Å². The van der Waals surface area contributed by atoms with Crippen LogP contribution in [0.2, 0.25) is 0 Å². The zero-order valence-corrected chi connectivity index (χ0v) is 4.30. The van der Waals surface area contributed by atoms with Crippen molar-refractivity contribution in [1.82, 2.24) is 0 Å². The number of rotatable bonds is 0. The predicted molar refractivity (Wildman–Crippen MR) is 26.8 cm³/mol. The average molecular weight is 101 g/mol. The Morgan fingerprint density at radius 3 is 2.00 bits per heavy atom. The number of carbonyl (C=O) groups is 1.